The lowest BCUT2D eigenvalue weighted by Crippen LogP contribution is -2.10. The molecule has 2 aromatic rings. The molecule has 0 unspecified atom stereocenters. The highest BCUT2D eigenvalue weighted by atomic mass is 35.5. The minimum Gasteiger partial charge on any atom is -0.457 e. The molecule has 21 heavy (non-hydrogen) atoms. The molecule has 0 saturated carbocycles. The topological polar surface area (TPSA) is 21.3 Å². The summed E-state index contributed by atoms with van der Waals surface area (Å²) in [6, 6.07) is 13.9. The summed E-state index contributed by atoms with van der Waals surface area (Å²) in [6.45, 7) is 7.27. The first-order chi connectivity index (χ1) is 9.91. The maximum absolute atomic E-state index is 6.24. The lowest BCUT2D eigenvalue weighted by Gasteiger charge is -2.19. The molecular formula is C18H22ClNO. The van der Waals surface area contributed by atoms with Crippen molar-refractivity contribution in [1.29, 1.82) is 0 Å². The summed E-state index contributed by atoms with van der Waals surface area (Å²) in [5.74, 6) is 1.61. The van der Waals surface area contributed by atoms with Gasteiger partial charge in [0.2, 0.25) is 0 Å². The van der Waals surface area contributed by atoms with E-state index in [0.29, 0.717) is 11.6 Å². The molecule has 0 amide bonds. The number of hydrogen-bond donors (Lipinski definition) is 1. The van der Waals surface area contributed by atoms with Crippen molar-refractivity contribution < 1.29 is 4.74 Å². The van der Waals surface area contributed by atoms with Crippen LogP contribution in [0.5, 0.6) is 11.5 Å². The van der Waals surface area contributed by atoms with Crippen LogP contribution in [0.1, 0.15) is 31.9 Å². The van der Waals surface area contributed by atoms with Crippen molar-refractivity contribution in [2.45, 2.75) is 32.7 Å². The lowest BCUT2D eigenvalue weighted by atomic mass is 9.87. The third kappa shape index (κ3) is 3.99. The van der Waals surface area contributed by atoms with Crippen LogP contribution >= 0.6 is 11.6 Å². The zero-order chi connectivity index (χ0) is 15.5. The van der Waals surface area contributed by atoms with E-state index in [1.165, 1.54) is 5.56 Å². The molecule has 0 saturated heterocycles. The van der Waals surface area contributed by atoms with Gasteiger partial charge >= 0.3 is 0 Å². The van der Waals surface area contributed by atoms with Gasteiger partial charge < -0.3 is 10.1 Å². The molecule has 112 valence electrons. The van der Waals surface area contributed by atoms with E-state index in [1.807, 2.05) is 37.4 Å². The summed E-state index contributed by atoms with van der Waals surface area (Å²) < 4.78 is 5.99. The van der Waals surface area contributed by atoms with Gasteiger partial charge in [-0.1, -0.05) is 50.6 Å². The van der Waals surface area contributed by atoms with Crippen molar-refractivity contribution in [2.24, 2.45) is 0 Å². The van der Waals surface area contributed by atoms with E-state index >= 15 is 0 Å². The largest absolute Gasteiger partial charge is 0.457 e. The van der Waals surface area contributed by atoms with Gasteiger partial charge in [-0.25, -0.2) is 0 Å². The van der Waals surface area contributed by atoms with Crippen LogP contribution in [0, 0.1) is 0 Å². The monoisotopic (exact) mass is 303 g/mol. The highest BCUT2D eigenvalue weighted by molar-refractivity contribution is 6.31. The molecule has 0 bridgehead atoms. The van der Waals surface area contributed by atoms with Crippen molar-refractivity contribution >= 4 is 11.6 Å². The predicted molar refractivity (Wildman–Crippen MR) is 89.4 cm³/mol. The summed E-state index contributed by atoms with van der Waals surface area (Å²) in [5, 5.41) is 3.83. The van der Waals surface area contributed by atoms with Crippen LogP contribution in [0.2, 0.25) is 5.02 Å². The van der Waals surface area contributed by atoms with E-state index in [4.69, 9.17) is 16.3 Å². The Morgan fingerprint density at radius 1 is 1.05 bits per heavy atom. The number of hydrogen-bond acceptors (Lipinski definition) is 2. The second kappa shape index (κ2) is 6.50. The van der Waals surface area contributed by atoms with E-state index in [9.17, 15) is 0 Å². The first-order valence-corrected chi connectivity index (χ1v) is 7.50. The third-order valence-electron chi connectivity index (χ3n) is 3.38. The van der Waals surface area contributed by atoms with E-state index in [2.05, 4.69) is 38.2 Å². The molecule has 0 spiro atoms. The summed E-state index contributed by atoms with van der Waals surface area (Å²) in [6.07, 6.45) is 0. The first kappa shape index (κ1) is 15.9. The average Bonchev–Trinajstić information content (AvgIpc) is 2.42. The van der Waals surface area contributed by atoms with Gasteiger partial charge in [-0.3, -0.25) is 0 Å². The second-order valence-corrected chi connectivity index (χ2v) is 6.53. The fraction of sp³-hybridized carbons (Fsp3) is 0.333. The zero-order valence-corrected chi connectivity index (χ0v) is 13.8. The standard InChI is InChI=1S/C18H22ClNO/c1-18(2,3)13-8-10-14(11-9-13)21-17-7-5-6-16(19)15(17)12-20-4/h5-11,20H,12H2,1-4H3. The van der Waals surface area contributed by atoms with Crippen LogP contribution in [-0.4, -0.2) is 7.05 Å². The van der Waals surface area contributed by atoms with Gasteiger partial charge in [0.05, 0.1) is 0 Å². The maximum atomic E-state index is 6.24. The van der Waals surface area contributed by atoms with Gasteiger partial charge in [0.15, 0.2) is 0 Å². The van der Waals surface area contributed by atoms with Crippen molar-refractivity contribution in [3.63, 3.8) is 0 Å². The minimum absolute atomic E-state index is 0.145. The fourth-order valence-corrected chi connectivity index (χ4v) is 2.37. The Bertz CT molecular complexity index is 600. The maximum Gasteiger partial charge on any atom is 0.133 e. The number of benzene rings is 2. The third-order valence-corrected chi connectivity index (χ3v) is 3.73. The Morgan fingerprint density at radius 2 is 1.71 bits per heavy atom. The predicted octanol–water partition coefficient (Wildman–Crippen LogP) is 5.15. The van der Waals surface area contributed by atoms with Crippen molar-refractivity contribution in [2.75, 3.05) is 7.05 Å². The molecule has 0 fully saturated rings. The summed E-state index contributed by atoms with van der Waals surface area (Å²) in [7, 11) is 1.89. The molecule has 2 aromatic carbocycles. The second-order valence-electron chi connectivity index (χ2n) is 6.12. The summed E-state index contributed by atoms with van der Waals surface area (Å²) in [4.78, 5) is 0. The molecule has 0 aliphatic carbocycles. The van der Waals surface area contributed by atoms with Crippen LogP contribution < -0.4 is 10.1 Å². The number of rotatable bonds is 4. The fourth-order valence-electron chi connectivity index (χ4n) is 2.13. The smallest absolute Gasteiger partial charge is 0.133 e. The van der Waals surface area contributed by atoms with Gasteiger partial charge in [-0.15, -0.1) is 0 Å². The molecule has 0 aromatic heterocycles. The van der Waals surface area contributed by atoms with Crippen LogP contribution in [0.3, 0.4) is 0 Å². The number of ether oxygens (including phenoxy) is 1. The van der Waals surface area contributed by atoms with Gasteiger partial charge in [-0.2, -0.15) is 0 Å². The summed E-state index contributed by atoms with van der Waals surface area (Å²) in [5.41, 5.74) is 2.41. The molecule has 2 nitrogen and oxygen atoms in total. The van der Waals surface area contributed by atoms with E-state index in [0.717, 1.165) is 17.1 Å². The molecule has 0 aliphatic rings. The molecule has 2 rings (SSSR count). The number of halogens is 1. The number of nitrogens with one attached hydrogen (secondary N) is 1. The van der Waals surface area contributed by atoms with Gasteiger partial charge in [0, 0.05) is 17.1 Å². The van der Waals surface area contributed by atoms with Gasteiger partial charge in [0.25, 0.3) is 0 Å². The molecule has 1 N–H and O–H groups in total. The summed E-state index contributed by atoms with van der Waals surface area (Å²) >= 11 is 6.24. The van der Waals surface area contributed by atoms with Crippen LogP contribution in [0.25, 0.3) is 0 Å². The van der Waals surface area contributed by atoms with E-state index < -0.39 is 0 Å². The van der Waals surface area contributed by atoms with Crippen molar-refractivity contribution in [3.8, 4) is 11.5 Å². The molecule has 3 heteroatoms. The first-order valence-electron chi connectivity index (χ1n) is 7.12. The Morgan fingerprint density at radius 3 is 2.29 bits per heavy atom. The van der Waals surface area contributed by atoms with E-state index in [-0.39, 0.29) is 5.41 Å². The Kier molecular flexibility index (Phi) is 4.92. The van der Waals surface area contributed by atoms with Crippen LogP contribution in [0.15, 0.2) is 42.5 Å². The highest BCUT2D eigenvalue weighted by Crippen LogP contribution is 2.31. The average molecular weight is 304 g/mol. The quantitative estimate of drug-likeness (QED) is 0.843. The molecular weight excluding hydrogens is 282 g/mol. The van der Waals surface area contributed by atoms with E-state index in [1.54, 1.807) is 0 Å². The van der Waals surface area contributed by atoms with Crippen LogP contribution in [-0.2, 0) is 12.0 Å². The molecule has 0 atom stereocenters. The Labute approximate surface area is 132 Å². The van der Waals surface area contributed by atoms with Gasteiger partial charge in [-0.05, 0) is 42.3 Å². The lowest BCUT2D eigenvalue weighted by molar-refractivity contribution is 0.473. The highest BCUT2D eigenvalue weighted by Gasteiger charge is 2.14. The zero-order valence-electron chi connectivity index (χ0n) is 13.0. The molecule has 0 aliphatic heterocycles. The Balaban J connectivity index is 2.24. The SMILES string of the molecule is CNCc1c(Cl)cccc1Oc1ccc(C(C)(C)C)cc1. The molecule has 0 heterocycles. The minimum atomic E-state index is 0.145. The Hall–Kier alpha value is -1.51. The van der Waals surface area contributed by atoms with Crippen molar-refractivity contribution in [3.05, 3.63) is 58.6 Å². The van der Waals surface area contributed by atoms with Gasteiger partial charge in [0.1, 0.15) is 11.5 Å². The van der Waals surface area contributed by atoms with Crippen molar-refractivity contribution in [1.82, 2.24) is 5.32 Å². The van der Waals surface area contributed by atoms with Crippen LogP contribution in [0.4, 0.5) is 0 Å². The molecule has 0 radical (unpaired) electrons. The normalized spacial score (nSPS) is 11.5.